The van der Waals surface area contributed by atoms with Gasteiger partial charge in [0.1, 0.15) is 22.3 Å². The molecule has 2 rings (SSSR count). The lowest BCUT2D eigenvalue weighted by molar-refractivity contribution is -0.163. The lowest BCUT2D eigenvalue weighted by atomic mass is 10.1. The number of hydrogen-bond acceptors (Lipinski definition) is 9. The van der Waals surface area contributed by atoms with E-state index in [1.54, 1.807) is 26.2 Å². The minimum Gasteiger partial charge on any atom is -0.444 e. The number of carbonyl (C=O) groups excluding carboxylic acids is 3. The highest BCUT2D eigenvalue weighted by molar-refractivity contribution is 9.10. The van der Waals surface area contributed by atoms with E-state index in [1.807, 2.05) is 0 Å². The Labute approximate surface area is 169 Å². The predicted molar refractivity (Wildman–Crippen MR) is 102 cm³/mol. The Kier molecular flexibility index (Phi) is 7.71. The van der Waals surface area contributed by atoms with Crippen LogP contribution in [0.5, 0.6) is 0 Å². The van der Waals surface area contributed by atoms with Gasteiger partial charge < -0.3 is 14.8 Å². The third-order valence-electron chi connectivity index (χ3n) is 3.43. The molecule has 2 heterocycles. The second kappa shape index (κ2) is 9.58. The quantitative estimate of drug-likeness (QED) is 0.446. The van der Waals surface area contributed by atoms with Crippen molar-refractivity contribution in [1.29, 1.82) is 0 Å². The summed E-state index contributed by atoms with van der Waals surface area (Å²) in [4.78, 5) is 41.0. The molecular weight excluding hydrogens is 440 g/mol. The van der Waals surface area contributed by atoms with Crippen LogP contribution in [0.4, 0.5) is 4.79 Å². The smallest absolute Gasteiger partial charge is 0.408 e. The Bertz CT molecular complexity index is 685. The first-order chi connectivity index (χ1) is 12.6. The van der Waals surface area contributed by atoms with Crippen LogP contribution in [0, 0.1) is 0 Å². The molecule has 0 aliphatic carbocycles. The summed E-state index contributed by atoms with van der Waals surface area (Å²) in [6.07, 6.45) is 0.652. The van der Waals surface area contributed by atoms with Gasteiger partial charge in [-0.2, -0.15) is 0 Å². The van der Waals surface area contributed by atoms with E-state index in [1.165, 1.54) is 11.3 Å². The van der Waals surface area contributed by atoms with Gasteiger partial charge in [-0.1, -0.05) is 0 Å². The Morgan fingerprint density at radius 2 is 2.19 bits per heavy atom. The van der Waals surface area contributed by atoms with E-state index in [0.29, 0.717) is 16.0 Å². The number of nitrogens with one attached hydrogen (secondary N) is 3. The molecule has 0 aromatic carbocycles. The van der Waals surface area contributed by atoms with Gasteiger partial charge in [-0.05, 0) is 49.5 Å². The molecule has 1 unspecified atom stereocenters. The van der Waals surface area contributed by atoms with Crippen LogP contribution >= 0.6 is 27.3 Å². The molecule has 150 valence electrons. The van der Waals surface area contributed by atoms with Gasteiger partial charge in [0.05, 0.1) is 5.01 Å². The van der Waals surface area contributed by atoms with Crippen LogP contribution in [-0.4, -0.2) is 47.2 Å². The maximum Gasteiger partial charge on any atom is 0.408 e. The van der Waals surface area contributed by atoms with Crippen LogP contribution in [0.2, 0.25) is 0 Å². The van der Waals surface area contributed by atoms with Gasteiger partial charge in [0.2, 0.25) is 0 Å². The van der Waals surface area contributed by atoms with Gasteiger partial charge >= 0.3 is 18.0 Å². The van der Waals surface area contributed by atoms with Gasteiger partial charge in [0.15, 0.2) is 0 Å². The average Bonchev–Trinajstić information content (AvgIpc) is 2.98. The fourth-order valence-electron chi connectivity index (χ4n) is 2.28. The molecule has 0 bridgehead atoms. The van der Waals surface area contributed by atoms with Crippen molar-refractivity contribution in [2.75, 3.05) is 6.54 Å². The van der Waals surface area contributed by atoms with Crippen molar-refractivity contribution in [3.05, 3.63) is 15.0 Å². The number of ether oxygens (including phenoxy) is 2. The van der Waals surface area contributed by atoms with E-state index in [0.717, 1.165) is 13.0 Å². The Morgan fingerprint density at radius 3 is 2.74 bits per heavy atom. The van der Waals surface area contributed by atoms with Gasteiger partial charge in [0, 0.05) is 18.3 Å². The van der Waals surface area contributed by atoms with Gasteiger partial charge in [0.25, 0.3) is 0 Å². The number of thiazole rings is 1. The number of halogens is 1. The Balaban J connectivity index is 2.03. The van der Waals surface area contributed by atoms with E-state index in [9.17, 15) is 14.4 Å². The molecule has 1 fully saturated rings. The molecule has 1 aliphatic heterocycles. The molecule has 1 aromatic rings. The zero-order chi connectivity index (χ0) is 20.0. The highest BCUT2D eigenvalue weighted by atomic mass is 79.9. The molecule has 1 saturated heterocycles. The first-order valence-corrected chi connectivity index (χ1v) is 10.1. The van der Waals surface area contributed by atoms with Crippen molar-refractivity contribution < 1.29 is 23.9 Å². The normalized spacial score (nSPS) is 18.4. The summed E-state index contributed by atoms with van der Waals surface area (Å²) in [5, 5.41) is 4.83. The number of aromatic nitrogens is 1. The molecule has 11 heteroatoms. The first-order valence-electron chi connectivity index (χ1n) is 8.47. The van der Waals surface area contributed by atoms with Crippen molar-refractivity contribution in [3.8, 4) is 0 Å². The Hall–Kier alpha value is -1.56. The number of amides is 1. The highest BCUT2D eigenvalue weighted by Gasteiger charge is 2.31. The molecule has 3 N–H and O–H groups in total. The lowest BCUT2D eigenvalue weighted by Crippen LogP contribution is -2.52. The lowest BCUT2D eigenvalue weighted by Gasteiger charge is -2.24. The first kappa shape index (κ1) is 21.7. The van der Waals surface area contributed by atoms with Crippen LogP contribution in [0.3, 0.4) is 0 Å². The zero-order valence-electron chi connectivity index (χ0n) is 15.3. The molecule has 2 atom stereocenters. The van der Waals surface area contributed by atoms with E-state index in [4.69, 9.17) is 9.47 Å². The summed E-state index contributed by atoms with van der Waals surface area (Å²) < 4.78 is 10.8. The van der Waals surface area contributed by atoms with Crippen molar-refractivity contribution in [1.82, 2.24) is 21.2 Å². The van der Waals surface area contributed by atoms with Gasteiger partial charge in [-0.15, -0.1) is 11.3 Å². The number of nitrogens with zero attached hydrogens (tertiary/aromatic N) is 1. The maximum absolute atomic E-state index is 12.5. The van der Waals surface area contributed by atoms with Crippen molar-refractivity contribution in [3.63, 3.8) is 0 Å². The van der Waals surface area contributed by atoms with Crippen LogP contribution in [-0.2, 0) is 25.5 Å². The van der Waals surface area contributed by atoms with Crippen LogP contribution in [0.15, 0.2) is 9.98 Å². The molecule has 0 saturated carbocycles. The summed E-state index contributed by atoms with van der Waals surface area (Å²) in [7, 11) is 0. The minimum atomic E-state index is -1.10. The van der Waals surface area contributed by atoms with Crippen LogP contribution in [0.1, 0.15) is 38.6 Å². The number of alkyl carbamates (subject to hydrolysis) is 1. The zero-order valence-corrected chi connectivity index (χ0v) is 17.7. The standard InChI is InChI=1S/C16H23BrN4O5S/c1-16(2,3)26-15(24)19-10(7-12-20-11(17)8-27-12)14(23)25-13(22)9-5-4-6-18-21-9/h8-10,18,21H,4-7H2,1-3H3,(H,19,24)/t9?,10-/m0/s1. The maximum atomic E-state index is 12.5. The topological polar surface area (TPSA) is 119 Å². The summed E-state index contributed by atoms with van der Waals surface area (Å²) in [5.41, 5.74) is 4.91. The number of rotatable bonds is 5. The number of esters is 2. The van der Waals surface area contributed by atoms with Crippen molar-refractivity contribution in [2.45, 2.75) is 57.7 Å². The van der Waals surface area contributed by atoms with Gasteiger partial charge in [-0.25, -0.2) is 24.8 Å². The number of hydrogen-bond donors (Lipinski definition) is 3. The molecule has 0 radical (unpaired) electrons. The van der Waals surface area contributed by atoms with Crippen LogP contribution < -0.4 is 16.2 Å². The third-order valence-corrected chi connectivity index (χ3v) is 5.01. The molecule has 27 heavy (non-hydrogen) atoms. The molecule has 1 aromatic heterocycles. The summed E-state index contributed by atoms with van der Waals surface area (Å²) in [6, 6.07) is -1.71. The summed E-state index contributed by atoms with van der Waals surface area (Å²) in [5.74, 6) is -1.55. The van der Waals surface area contributed by atoms with Crippen molar-refractivity contribution in [2.24, 2.45) is 0 Å². The second-order valence-electron chi connectivity index (χ2n) is 6.97. The van der Waals surface area contributed by atoms with E-state index in [2.05, 4.69) is 37.1 Å². The van der Waals surface area contributed by atoms with Crippen LogP contribution in [0.25, 0.3) is 0 Å². The highest BCUT2D eigenvalue weighted by Crippen LogP contribution is 2.17. The molecule has 9 nitrogen and oxygen atoms in total. The summed E-state index contributed by atoms with van der Waals surface area (Å²) >= 11 is 4.56. The SMILES string of the molecule is CC(C)(C)OC(=O)N[C@@H](Cc1nc(Br)cs1)C(=O)OC(=O)C1CCCNN1. The monoisotopic (exact) mass is 462 g/mol. The molecule has 0 spiro atoms. The largest absolute Gasteiger partial charge is 0.444 e. The fourth-order valence-corrected chi connectivity index (χ4v) is 3.59. The molecular formula is C16H23BrN4O5S. The third kappa shape index (κ3) is 7.53. The number of carbonyl (C=O) groups is 3. The van der Waals surface area contributed by atoms with Gasteiger partial charge in [-0.3, -0.25) is 5.43 Å². The Morgan fingerprint density at radius 1 is 1.44 bits per heavy atom. The molecule has 1 amide bonds. The fraction of sp³-hybridized carbons (Fsp3) is 0.625. The van der Waals surface area contributed by atoms with E-state index < -0.39 is 35.7 Å². The summed E-state index contributed by atoms with van der Waals surface area (Å²) in [6.45, 7) is 5.87. The minimum absolute atomic E-state index is 0.0813. The van der Waals surface area contributed by atoms with E-state index >= 15 is 0 Å². The number of hydrazine groups is 1. The van der Waals surface area contributed by atoms with E-state index in [-0.39, 0.29) is 6.42 Å². The van der Waals surface area contributed by atoms with Crippen molar-refractivity contribution >= 4 is 45.3 Å². The molecule has 1 aliphatic rings. The predicted octanol–water partition coefficient (Wildman–Crippen LogP) is 1.67. The average molecular weight is 463 g/mol. The second-order valence-corrected chi connectivity index (χ2v) is 8.73.